The molecule has 2 aromatic heterocycles. The fourth-order valence-electron chi connectivity index (χ4n) is 8.98. The number of anilines is 2. The van der Waals surface area contributed by atoms with Gasteiger partial charge in [0.25, 0.3) is 5.88 Å². The summed E-state index contributed by atoms with van der Waals surface area (Å²) in [4.78, 5) is 98.8. The van der Waals surface area contributed by atoms with E-state index < -0.39 is 59.7 Å². The zero-order valence-electron chi connectivity index (χ0n) is 49.6. The van der Waals surface area contributed by atoms with Crippen LogP contribution in [0, 0.1) is 17.8 Å². The Morgan fingerprint density at radius 3 is 2.15 bits per heavy atom. The number of hydrogen-bond donors (Lipinski definition) is 7. The third-order valence-electron chi connectivity index (χ3n) is 13.5. The highest BCUT2D eigenvalue weighted by atomic mass is 16.6. The molecular formula is C57H88N14O13. The van der Waals surface area contributed by atoms with Crippen molar-refractivity contribution in [2.75, 3.05) is 76.9 Å². The molecule has 27 heteroatoms. The summed E-state index contributed by atoms with van der Waals surface area (Å²) in [5.41, 5.74) is 17.0. The summed E-state index contributed by atoms with van der Waals surface area (Å²) < 4.78 is 34.9. The first-order chi connectivity index (χ1) is 40.4. The van der Waals surface area contributed by atoms with Crippen molar-refractivity contribution in [3.05, 3.63) is 58.8 Å². The molecular weight excluding hydrogens is 1090 g/mol. The van der Waals surface area contributed by atoms with E-state index in [4.69, 9.17) is 44.7 Å². The summed E-state index contributed by atoms with van der Waals surface area (Å²) in [5, 5.41) is 28.1. The molecule has 464 valence electrons. The number of nitrogens with zero attached hydrogens (tertiary/aromatic N) is 7. The summed E-state index contributed by atoms with van der Waals surface area (Å²) in [6.07, 6.45) is 7.10. The molecule has 0 radical (unpaired) electrons. The molecule has 3 atom stereocenters. The number of nitrogens with one attached hydrogen (secondary N) is 6. The molecule has 1 aliphatic rings. The summed E-state index contributed by atoms with van der Waals surface area (Å²) in [6.45, 7) is 18.0. The first-order valence-corrected chi connectivity index (χ1v) is 29.1. The molecule has 1 saturated carbocycles. The number of carbonyl (C=O) groups excluding carboxylic acids is 7. The van der Waals surface area contributed by atoms with Crippen LogP contribution in [-0.2, 0) is 72.0 Å². The zero-order chi connectivity index (χ0) is 61.2. The van der Waals surface area contributed by atoms with Gasteiger partial charge in [-0.25, -0.2) is 9.78 Å². The van der Waals surface area contributed by atoms with Gasteiger partial charge in [-0.15, -0.1) is 10.2 Å². The number of azide groups is 1. The minimum Gasteiger partial charge on any atom is -0.472 e. The predicted octanol–water partition coefficient (Wildman–Crippen LogP) is 5.50. The second-order valence-corrected chi connectivity index (χ2v) is 21.1. The molecule has 1 aromatic carbocycles. The number of benzene rings is 1. The van der Waals surface area contributed by atoms with Crippen molar-refractivity contribution in [1.82, 2.24) is 46.3 Å². The Hall–Kier alpha value is -7.61. The number of fused-ring (bicyclic) bond motifs is 1. The SMILES string of the molecule is C=CCOC(=O)CC[C@H](NC(=O)CCCC(=O)NCCOCCOCCOCCN=[N+]=[N-])C(=O)N[C@H](C(=O)N[C@@H](C)C(=O)Nc1ccc(COC(=O)NCC2CCC(Cn3c(CCCC)nc4c(N)nnc(OC(C)C)c43)CC2)cc1)C(C)C. The van der Waals surface area contributed by atoms with Gasteiger partial charge >= 0.3 is 12.1 Å². The average Bonchev–Trinajstić information content (AvgIpc) is 2.86. The summed E-state index contributed by atoms with van der Waals surface area (Å²) in [5.74, 6) is -1.53. The zero-order valence-corrected chi connectivity index (χ0v) is 49.6. The Labute approximate surface area is 491 Å². The normalized spacial score (nSPS) is 15.0. The van der Waals surface area contributed by atoms with Gasteiger partial charge in [-0.05, 0) is 107 Å². The van der Waals surface area contributed by atoms with Crippen LogP contribution in [0.4, 0.5) is 16.3 Å². The van der Waals surface area contributed by atoms with Crippen molar-refractivity contribution >= 4 is 64.1 Å². The Morgan fingerprint density at radius 2 is 1.49 bits per heavy atom. The third-order valence-corrected chi connectivity index (χ3v) is 13.5. The number of unbranched alkanes of at least 4 members (excludes halogenated alkanes) is 1. The molecule has 0 aliphatic heterocycles. The fraction of sp³-hybridized carbons (Fsp3) is 0.649. The highest BCUT2D eigenvalue weighted by Crippen LogP contribution is 2.34. The van der Waals surface area contributed by atoms with Crippen molar-refractivity contribution < 1.29 is 62.0 Å². The van der Waals surface area contributed by atoms with E-state index in [1.165, 1.54) is 13.0 Å². The van der Waals surface area contributed by atoms with Gasteiger partial charge in [-0.1, -0.05) is 57.1 Å². The first kappa shape index (κ1) is 68.9. The number of ether oxygens (including phenoxy) is 6. The molecule has 0 unspecified atom stereocenters. The second-order valence-electron chi connectivity index (χ2n) is 21.1. The summed E-state index contributed by atoms with van der Waals surface area (Å²) >= 11 is 0. The lowest BCUT2D eigenvalue weighted by molar-refractivity contribution is -0.143. The third kappa shape index (κ3) is 25.5. The maximum atomic E-state index is 13.7. The number of esters is 1. The Balaban J connectivity index is 1.17. The van der Waals surface area contributed by atoms with Crippen LogP contribution in [0.3, 0.4) is 0 Å². The van der Waals surface area contributed by atoms with Crippen LogP contribution in [0.5, 0.6) is 5.88 Å². The van der Waals surface area contributed by atoms with Gasteiger partial charge in [-0.3, -0.25) is 28.8 Å². The fourth-order valence-corrected chi connectivity index (χ4v) is 8.98. The Bertz CT molecular complexity index is 2620. The number of amides is 6. The number of nitrogens with two attached hydrogens (primary N) is 1. The molecule has 2 heterocycles. The van der Waals surface area contributed by atoms with Gasteiger partial charge in [0, 0.05) is 62.5 Å². The lowest BCUT2D eigenvalue weighted by Crippen LogP contribution is -2.57. The van der Waals surface area contributed by atoms with Crippen molar-refractivity contribution in [2.24, 2.45) is 22.9 Å². The number of aromatic nitrogens is 4. The minimum absolute atomic E-state index is 0.0000460. The van der Waals surface area contributed by atoms with Crippen molar-refractivity contribution in [1.29, 1.82) is 0 Å². The lowest BCUT2D eigenvalue weighted by atomic mass is 9.82. The summed E-state index contributed by atoms with van der Waals surface area (Å²) in [7, 11) is 0. The highest BCUT2D eigenvalue weighted by molar-refractivity contribution is 5.99. The maximum absolute atomic E-state index is 13.7. The largest absolute Gasteiger partial charge is 0.472 e. The molecule has 1 aliphatic carbocycles. The smallest absolute Gasteiger partial charge is 0.407 e. The molecule has 84 heavy (non-hydrogen) atoms. The molecule has 4 rings (SSSR count). The van der Waals surface area contributed by atoms with Crippen molar-refractivity contribution in [2.45, 2.75) is 156 Å². The van der Waals surface area contributed by atoms with E-state index in [-0.39, 0.29) is 82.8 Å². The molecule has 6 amide bonds. The highest BCUT2D eigenvalue weighted by Gasteiger charge is 2.32. The Kier molecular flexibility index (Phi) is 31.4. The number of aryl methyl sites for hydroxylation is 1. The Morgan fingerprint density at radius 1 is 0.810 bits per heavy atom. The number of rotatable bonds is 40. The van der Waals surface area contributed by atoms with Crippen LogP contribution in [0.15, 0.2) is 42.0 Å². The van der Waals surface area contributed by atoms with E-state index in [1.54, 1.807) is 38.1 Å². The van der Waals surface area contributed by atoms with Crippen LogP contribution >= 0.6 is 0 Å². The van der Waals surface area contributed by atoms with Crippen LogP contribution in [0.1, 0.15) is 124 Å². The second kappa shape index (κ2) is 38.3. The van der Waals surface area contributed by atoms with E-state index in [1.807, 2.05) is 13.8 Å². The van der Waals surface area contributed by atoms with Crippen LogP contribution in [0.25, 0.3) is 21.5 Å². The van der Waals surface area contributed by atoms with Gasteiger partial charge in [0.2, 0.25) is 29.5 Å². The lowest BCUT2D eigenvalue weighted by Gasteiger charge is -2.29. The van der Waals surface area contributed by atoms with Gasteiger partial charge in [0.15, 0.2) is 5.82 Å². The first-order valence-electron chi connectivity index (χ1n) is 29.1. The van der Waals surface area contributed by atoms with Crippen LogP contribution in [-0.4, -0.2) is 151 Å². The molecule has 0 spiro atoms. The quantitative estimate of drug-likeness (QED) is 0.00923. The van der Waals surface area contributed by atoms with E-state index in [2.05, 4.69) is 70.2 Å². The van der Waals surface area contributed by atoms with Gasteiger partial charge < -0.3 is 70.6 Å². The molecule has 8 N–H and O–H groups in total. The molecule has 3 aromatic rings. The number of alkyl carbamates (subject to hydrolysis) is 1. The summed E-state index contributed by atoms with van der Waals surface area (Å²) in [6, 6.07) is 3.25. The van der Waals surface area contributed by atoms with Gasteiger partial charge in [0.05, 0.1) is 45.7 Å². The monoisotopic (exact) mass is 1180 g/mol. The number of hydrogen-bond acceptors (Lipinski definition) is 18. The predicted molar refractivity (Wildman–Crippen MR) is 313 cm³/mol. The van der Waals surface area contributed by atoms with E-state index in [0.717, 1.165) is 62.8 Å². The number of imidazole rings is 1. The van der Waals surface area contributed by atoms with Crippen molar-refractivity contribution in [3.63, 3.8) is 0 Å². The topological polar surface area (TPSA) is 365 Å². The van der Waals surface area contributed by atoms with E-state index in [9.17, 15) is 33.6 Å². The van der Waals surface area contributed by atoms with Gasteiger partial charge in [-0.2, -0.15) is 0 Å². The van der Waals surface area contributed by atoms with Gasteiger partial charge in [0.1, 0.15) is 48.2 Å². The molecule has 27 nitrogen and oxygen atoms in total. The average molecular weight is 1180 g/mol. The van der Waals surface area contributed by atoms with Crippen LogP contribution < -0.4 is 42.4 Å². The molecule has 0 saturated heterocycles. The van der Waals surface area contributed by atoms with E-state index >= 15 is 0 Å². The van der Waals surface area contributed by atoms with E-state index in [0.29, 0.717) is 74.1 Å². The van der Waals surface area contributed by atoms with Crippen molar-refractivity contribution in [3.8, 4) is 5.88 Å². The minimum atomic E-state index is -1.25. The maximum Gasteiger partial charge on any atom is 0.407 e. The molecule has 1 fully saturated rings. The standard InChI is InChI=1S/C57H88N14O13/c1-8-10-12-45-66-50-51(56(84-38(5)6)69-68-52(50)58)71(45)35-41-17-15-40(16-18-41)34-61-57(78)83-36-42-19-21-43(22-20-42)64-53(75)39(7)63-55(77)49(37(3)4)67-54(76)44(23-24-48(74)82-27-9-2)65-47(73)14-11-13-46(72)60-25-28-79-30-32-81-33-31-80-29-26-62-70-59/h9,19-22,37-41,44,49H,2,8,10-18,23-36H2,1,3-7H3,(H2,58,68)(H,60,72)(H,61,78)(H,63,77)(H,64,75)(H,65,73)(H,67,76)/t39-,40?,41?,44-,49-/m0/s1. The number of nitrogen functional groups attached to an aromatic ring is 1. The van der Waals surface area contributed by atoms with Crippen LogP contribution in [0.2, 0.25) is 0 Å². The number of carbonyl (C=O) groups is 7. The molecule has 0 bridgehead atoms.